The molecule has 6 heteroatoms. The zero-order chi connectivity index (χ0) is 44.4. The fourth-order valence-electron chi connectivity index (χ4n) is 8.88. The zero-order valence-electron chi connectivity index (χ0n) is 41.4. The highest BCUT2D eigenvalue weighted by molar-refractivity contribution is 5.76. The lowest BCUT2D eigenvalue weighted by Gasteiger charge is -2.22. The molecular weight excluding hydrogens is 755 g/mol. The quantitative estimate of drug-likeness (QED) is 0.0418. The summed E-state index contributed by atoms with van der Waals surface area (Å²) >= 11 is 0. The van der Waals surface area contributed by atoms with Crippen molar-refractivity contribution >= 4 is 11.9 Å². The summed E-state index contributed by atoms with van der Waals surface area (Å²) in [6.07, 6.45) is 58.1. The lowest BCUT2D eigenvalue weighted by Crippen LogP contribution is -2.45. The van der Waals surface area contributed by atoms with E-state index in [0.29, 0.717) is 25.9 Å². The fraction of sp³-hybridized carbons (Fsp3) is 0.964. The van der Waals surface area contributed by atoms with Crippen molar-refractivity contribution in [3.63, 3.8) is 0 Å². The first-order valence-corrected chi connectivity index (χ1v) is 27.8. The number of carbonyl (C=O) groups is 2. The standard InChI is InChI=1S/C55H109NO5/c1-3-5-7-9-11-13-15-25-29-33-37-41-45-49-55(60)61-50-46-42-38-34-30-27-24-22-20-18-16-17-19-21-23-26-28-32-36-40-44-48-54(59)56-52(51-57)53(58)47-43-39-35-31-14-12-10-8-6-4-2/h52-53,57-58H,3-51H2,1-2H3,(H,56,59). The van der Waals surface area contributed by atoms with E-state index in [1.165, 1.54) is 244 Å². The van der Waals surface area contributed by atoms with E-state index in [-0.39, 0.29) is 18.5 Å². The average molecular weight is 864 g/mol. The van der Waals surface area contributed by atoms with Gasteiger partial charge in [-0.15, -0.1) is 0 Å². The Balaban J connectivity index is 3.34. The molecule has 61 heavy (non-hydrogen) atoms. The second-order valence-corrected chi connectivity index (χ2v) is 19.3. The maximum atomic E-state index is 12.4. The van der Waals surface area contributed by atoms with Crippen LogP contribution in [0.2, 0.25) is 0 Å². The van der Waals surface area contributed by atoms with E-state index >= 15 is 0 Å². The third-order valence-corrected chi connectivity index (χ3v) is 13.2. The van der Waals surface area contributed by atoms with Gasteiger partial charge in [0.05, 0.1) is 25.4 Å². The lowest BCUT2D eigenvalue weighted by atomic mass is 10.0. The minimum Gasteiger partial charge on any atom is -0.466 e. The molecule has 0 fully saturated rings. The van der Waals surface area contributed by atoms with Gasteiger partial charge in [0, 0.05) is 12.8 Å². The van der Waals surface area contributed by atoms with Gasteiger partial charge in [0.2, 0.25) is 5.91 Å². The highest BCUT2D eigenvalue weighted by Crippen LogP contribution is 2.18. The molecule has 0 saturated heterocycles. The van der Waals surface area contributed by atoms with Gasteiger partial charge in [-0.3, -0.25) is 9.59 Å². The van der Waals surface area contributed by atoms with Gasteiger partial charge in [0.1, 0.15) is 0 Å². The second-order valence-electron chi connectivity index (χ2n) is 19.3. The summed E-state index contributed by atoms with van der Waals surface area (Å²) in [5.74, 6) is -0.0221. The predicted octanol–water partition coefficient (Wildman–Crippen LogP) is 16.7. The molecule has 0 aliphatic carbocycles. The number of nitrogens with one attached hydrogen (secondary N) is 1. The van der Waals surface area contributed by atoms with Crippen LogP contribution in [-0.2, 0) is 14.3 Å². The molecule has 2 unspecified atom stereocenters. The summed E-state index contributed by atoms with van der Waals surface area (Å²) in [5, 5.41) is 23.1. The summed E-state index contributed by atoms with van der Waals surface area (Å²) in [5.41, 5.74) is 0. The van der Waals surface area contributed by atoms with Crippen molar-refractivity contribution in [2.45, 2.75) is 328 Å². The molecule has 3 N–H and O–H groups in total. The monoisotopic (exact) mass is 864 g/mol. The average Bonchev–Trinajstić information content (AvgIpc) is 3.26. The van der Waals surface area contributed by atoms with Gasteiger partial charge < -0.3 is 20.3 Å². The Kier molecular flexibility index (Phi) is 50.5. The molecule has 0 aromatic heterocycles. The largest absolute Gasteiger partial charge is 0.466 e. The minimum absolute atomic E-state index is 0.0140. The molecule has 0 aliphatic rings. The summed E-state index contributed by atoms with van der Waals surface area (Å²) in [7, 11) is 0. The van der Waals surface area contributed by atoms with E-state index in [4.69, 9.17) is 4.74 Å². The Hall–Kier alpha value is -1.14. The van der Waals surface area contributed by atoms with Crippen molar-refractivity contribution < 1.29 is 24.5 Å². The number of unbranched alkanes of at least 4 members (excludes halogenated alkanes) is 41. The van der Waals surface area contributed by atoms with Crippen LogP contribution in [-0.4, -0.2) is 47.4 Å². The topological polar surface area (TPSA) is 95.9 Å². The molecule has 0 aromatic carbocycles. The van der Waals surface area contributed by atoms with Gasteiger partial charge in [-0.2, -0.15) is 0 Å². The number of hydrogen-bond donors (Lipinski definition) is 3. The van der Waals surface area contributed by atoms with Gasteiger partial charge in [0.15, 0.2) is 0 Å². The lowest BCUT2D eigenvalue weighted by molar-refractivity contribution is -0.143. The number of esters is 1. The van der Waals surface area contributed by atoms with E-state index < -0.39 is 12.1 Å². The summed E-state index contributed by atoms with van der Waals surface area (Å²) in [4.78, 5) is 24.4. The Labute approximate surface area is 381 Å². The Morgan fingerprint density at radius 3 is 1.00 bits per heavy atom. The number of aliphatic hydroxyl groups is 2. The van der Waals surface area contributed by atoms with Gasteiger partial charge in [-0.05, 0) is 25.7 Å². The van der Waals surface area contributed by atoms with Crippen LogP contribution in [0.25, 0.3) is 0 Å². The predicted molar refractivity (Wildman–Crippen MR) is 264 cm³/mol. The number of ether oxygens (including phenoxy) is 1. The van der Waals surface area contributed by atoms with E-state index in [1.54, 1.807) is 0 Å². The van der Waals surface area contributed by atoms with E-state index in [2.05, 4.69) is 19.2 Å². The molecule has 0 aromatic rings. The zero-order valence-corrected chi connectivity index (χ0v) is 41.4. The normalized spacial score (nSPS) is 12.5. The van der Waals surface area contributed by atoms with Crippen LogP contribution in [0.5, 0.6) is 0 Å². The van der Waals surface area contributed by atoms with Crippen molar-refractivity contribution in [2.75, 3.05) is 13.2 Å². The van der Waals surface area contributed by atoms with Crippen molar-refractivity contribution in [3.05, 3.63) is 0 Å². The molecule has 0 spiro atoms. The van der Waals surface area contributed by atoms with E-state index in [1.807, 2.05) is 0 Å². The maximum Gasteiger partial charge on any atom is 0.305 e. The Bertz CT molecular complexity index is 867. The Morgan fingerprint density at radius 2 is 0.672 bits per heavy atom. The van der Waals surface area contributed by atoms with Crippen LogP contribution < -0.4 is 5.32 Å². The van der Waals surface area contributed by atoms with Crippen LogP contribution >= 0.6 is 0 Å². The number of hydrogen-bond acceptors (Lipinski definition) is 5. The first-order chi connectivity index (χ1) is 30.0. The molecule has 0 rings (SSSR count). The van der Waals surface area contributed by atoms with Gasteiger partial charge in [-0.25, -0.2) is 0 Å². The first kappa shape index (κ1) is 59.9. The van der Waals surface area contributed by atoms with Crippen LogP contribution in [0.3, 0.4) is 0 Å². The van der Waals surface area contributed by atoms with Gasteiger partial charge in [0.25, 0.3) is 0 Å². The molecule has 2 atom stereocenters. The van der Waals surface area contributed by atoms with Crippen LogP contribution in [0.1, 0.15) is 316 Å². The molecule has 0 saturated carbocycles. The van der Waals surface area contributed by atoms with Crippen molar-refractivity contribution in [1.29, 1.82) is 0 Å². The molecule has 0 heterocycles. The third-order valence-electron chi connectivity index (χ3n) is 13.2. The highest BCUT2D eigenvalue weighted by Gasteiger charge is 2.20. The summed E-state index contributed by atoms with van der Waals surface area (Å²) in [6, 6.07) is -0.539. The minimum atomic E-state index is -0.661. The van der Waals surface area contributed by atoms with Crippen LogP contribution in [0.4, 0.5) is 0 Å². The van der Waals surface area contributed by atoms with E-state index in [0.717, 1.165) is 38.5 Å². The molecule has 0 bridgehead atoms. The maximum absolute atomic E-state index is 12.4. The molecule has 0 aliphatic heterocycles. The van der Waals surface area contributed by atoms with Crippen LogP contribution in [0, 0.1) is 0 Å². The highest BCUT2D eigenvalue weighted by atomic mass is 16.5. The van der Waals surface area contributed by atoms with E-state index in [9.17, 15) is 19.8 Å². The van der Waals surface area contributed by atoms with Crippen molar-refractivity contribution in [2.24, 2.45) is 0 Å². The summed E-state index contributed by atoms with van der Waals surface area (Å²) < 4.78 is 5.47. The van der Waals surface area contributed by atoms with Crippen LogP contribution in [0.15, 0.2) is 0 Å². The Morgan fingerprint density at radius 1 is 0.393 bits per heavy atom. The number of rotatable bonds is 52. The molecule has 6 nitrogen and oxygen atoms in total. The third kappa shape index (κ3) is 48.2. The molecule has 0 radical (unpaired) electrons. The number of amides is 1. The second kappa shape index (κ2) is 51.5. The van der Waals surface area contributed by atoms with Gasteiger partial charge in [-0.1, -0.05) is 277 Å². The molecule has 364 valence electrons. The fourth-order valence-corrected chi connectivity index (χ4v) is 8.88. The number of aliphatic hydroxyl groups excluding tert-OH is 2. The SMILES string of the molecule is CCCCCCCCCCCCCCCC(=O)OCCCCCCCCCCCCCCCCCCCCCCCC(=O)NC(CO)C(O)CCCCCCCCCCCC. The molecule has 1 amide bonds. The first-order valence-electron chi connectivity index (χ1n) is 27.8. The molecular formula is C55H109NO5. The number of carbonyl (C=O) groups excluding carboxylic acids is 2. The van der Waals surface area contributed by atoms with Crippen molar-refractivity contribution in [1.82, 2.24) is 5.32 Å². The van der Waals surface area contributed by atoms with Gasteiger partial charge >= 0.3 is 5.97 Å². The smallest absolute Gasteiger partial charge is 0.305 e. The van der Waals surface area contributed by atoms with Crippen molar-refractivity contribution in [3.8, 4) is 0 Å². The summed E-state index contributed by atoms with van der Waals surface area (Å²) in [6.45, 7) is 4.95.